The van der Waals surface area contributed by atoms with Crippen molar-refractivity contribution in [2.24, 2.45) is 5.73 Å². The Balaban J connectivity index is 2.06. The van der Waals surface area contributed by atoms with Crippen molar-refractivity contribution in [2.45, 2.75) is 44.2 Å². The van der Waals surface area contributed by atoms with Crippen LogP contribution in [0.1, 0.15) is 43.7 Å². The molecular formula is C14H16F5NO. The second kappa shape index (κ2) is 6.70. The van der Waals surface area contributed by atoms with Crippen LogP contribution < -0.4 is 5.73 Å². The number of hydrogen-bond acceptors (Lipinski definition) is 2. The molecule has 1 aliphatic heterocycles. The van der Waals surface area contributed by atoms with E-state index in [1.165, 1.54) is 0 Å². The molecule has 1 saturated heterocycles. The lowest BCUT2D eigenvalue weighted by Crippen LogP contribution is -2.18. The van der Waals surface area contributed by atoms with Crippen LogP contribution in [0, 0.1) is 29.1 Å². The van der Waals surface area contributed by atoms with Crippen LogP contribution in [0.2, 0.25) is 0 Å². The number of ether oxygens (including phenoxy) is 1. The molecule has 1 aliphatic rings. The summed E-state index contributed by atoms with van der Waals surface area (Å²) in [5.74, 6) is -9.79. The number of halogens is 5. The summed E-state index contributed by atoms with van der Waals surface area (Å²) < 4.78 is 71.6. The van der Waals surface area contributed by atoms with Crippen LogP contribution >= 0.6 is 0 Å². The summed E-state index contributed by atoms with van der Waals surface area (Å²) in [6.07, 6.45) is 3.24. The molecule has 0 aliphatic carbocycles. The summed E-state index contributed by atoms with van der Waals surface area (Å²) in [7, 11) is 0. The van der Waals surface area contributed by atoms with E-state index in [0.717, 1.165) is 12.8 Å². The first-order valence-electron chi connectivity index (χ1n) is 6.82. The van der Waals surface area contributed by atoms with Crippen molar-refractivity contribution in [3.05, 3.63) is 34.6 Å². The van der Waals surface area contributed by atoms with Gasteiger partial charge in [0.1, 0.15) is 0 Å². The predicted octanol–water partition coefficient (Wildman–Crippen LogP) is 3.73. The third kappa shape index (κ3) is 3.35. The molecule has 1 aromatic rings. The Hall–Kier alpha value is -1.21. The van der Waals surface area contributed by atoms with E-state index in [2.05, 4.69) is 0 Å². The minimum Gasteiger partial charge on any atom is -0.378 e. The molecule has 0 radical (unpaired) electrons. The standard InChI is InChI=1S/C14H16F5NO/c15-10-9(11(16)13(18)14(19)12(10)17)8(20)5-1-3-7-4-2-6-21-7/h7-8H,1-6,20H2. The third-order valence-electron chi connectivity index (χ3n) is 3.68. The zero-order chi connectivity index (χ0) is 15.6. The SMILES string of the molecule is NC(CCCC1CCCO1)c1c(F)c(F)c(F)c(F)c1F. The van der Waals surface area contributed by atoms with Gasteiger partial charge in [-0.1, -0.05) is 0 Å². The molecule has 118 valence electrons. The van der Waals surface area contributed by atoms with Crippen LogP contribution in [0.5, 0.6) is 0 Å². The minimum absolute atomic E-state index is 0.0913. The smallest absolute Gasteiger partial charge is 0.200 e. The maximum atomic E-state index is 13.6. The lowest BCUT2D eigenvalue weighted by molar-refractivity contribution is 0.101. The molecule has 2 unspecified atom stereocenters. The van der Waals surface area contributed by atoms with E-state index >= 15 is 0 Å². The van der Waals surface area contributed by atoms with Gasteiger partial charge in [0.15, 0.2) is 23.3 Å². The largest absolute Gasteiger partial charge is 0.378 e. The summed E-state index contributed by atoms with van der Waals surface area (Å²) in [4.78, 5) is 0. The van der Waals surface area contributed by atoms with E-state index in [1.807, 2.05) is 0 Å². The van der Waals surface area contributed by atoms with Crippen molar-refractivity contribution in [3.63, 3.8) is 0 Å². The molecule has 1 heterocycles. The molecule has 0 saturated carbocycles. The van der Waals surface area contributed by atoms with Crippen molar-refractivity contribution in [2.75, 3.05) is 6.61 Å². The zero-order valence-corrected chi connectivity index (χ0v) is 11.3. The minimum atomic E-state index is -2.17. The topological polar surface area (TPSA) is 35.2 Å². The number of rotatable bonds is 5. The number of nitrogens with two attached hydrogens (primary N) is 1. The number of benzene rings is 1. The van der Waals surface area contributed by atoms with E-state index in [0.29, 0.717) is 19.4 Å². The fraction of sp³-hybridized carbons (Fsp3) is 0.571. The van der Waals surface area contributed by atoms with Gasteiger partial charge < -0.3 is 10.5 Å². The lowest BCUT2D eigenvalue weighted by atomic mass is 9.98. The van der Waals surface area contributed by atoms with Gasteiger partial charge in [-0.3, -0.25) is 0 Å². The van der Waals surface area contributed by atoms with E-state index < -0.39 is 40.7 Å². The molecule has 0 spiro atoms. The van der Waals surface area contributed by atoms with Crippen molar-refractivity contribution in [3.8, 4) is 0 Å². The van der Waals surface area contributed by atoms with Crippen LogP contribution in [0.25, 0.3) is 0 Å². The molecule has 0 bridgehead atoms. The highest BCUT2D eigenvalue weighted by molar-refractivity contribution is 5.26. The summed E-state index contributed by atoms with van der Waals surface area (Å²) >= 11 is 0. The van der Waals surface area contributed by atoms with Gasteiger partial charge in [0.2, 0.25) is 5.82 Å². The monoisotopic (exact) mass is 309 g/mol. The van der Waals surface area contributed by atoms with Gasteiger partial charge in [0.25, 0.3) is 0 Å². The molecule has 2 atom stereocenters. The van der Waals surface area contributed by atoms with Gasteiger partial charge in [-0.05, 0) is 32.1 Å². The Morgan fingerprint density at radius 3 is 2.10 bits per heavy atom. The van der Waals surface area contributed by atoms with E-state index in [9.17, 15) is 22.0 Å². The van der Waals surface area contributed by atoms with Crippen molar-refractivity contribution >= 4 is 0 Å². The second-order valence-electron chi connectivity index (χ2n) is 5.16. The van der Waals surface area contributed by atoms with Crippen molar-refractivity contribution in [1.29, 1.82) is 0 Å². The Bertz CT molecular complexity index is 488. The van der Waals surface area contributed by atoms with Crippen LogP contribution in [-0.4, -0.2) is 12.7 Å². The van der Waals surface area contributed by atoms with Gasteiger partial charge >= 0.3 is 0 Å². The Morgan fingerprint density at radius 1 is 1.00 bits per heavy atom. The maximum absolute atomic E-state index is 13.6. The van der Waals surface area contributed by atoms with Gasteiger partial charge in [-0.2, -0.15) is 0 Å². The molecule has 0 amide bonds. The Morgan fingerprint density at radius 2 is 1.57 bits per heavy atom. The van der Waals surface area contributed by atoms with Crippen LogP contribution in [0.4, 0.5) is 22.0 Å². The second-order valence-corrected chi connectivity index (χ2v) is 5.16. The average molecular weight is 309 g/mol. The average Bonchev–Trinajstić information content (AvgIpc) is 2.96. The van der Waals surface area contributed by atoms with Crippen LogP contribution in [0.3, 0.4) is 0 Å². The zero-order valence-electron chi connectivity index (χ0n) is 11.3. The maximum Gasteiger partial charge on any atom is 0.200 e. The van der Waals surface area contributed by atoms with E-state index in [4.69, 9.17) is 10.5 Å². The van der Waals surface area contributed by atoms with E-state index in [-0.39, 0.29) is 12.5 Å². The van der Waals surface area contributed by atoms with Gasteiger partial charge in [0, 0.05) is 18.2 Å². The van der Waals surface area contributed by atoms with Gasteiger partial charge in [0.05, 0.1) is 6.10 Å². The van der Waals surface area contributed by atoms with E-state index in [1.54, 1.807) is 0 Å². The molecule has 21 heavy (non-hydrogen) atoms. The molecular weight excluding hydrogens is 293 g/mol. The fourth-order valence-corrected chi connectivity index (χ4v) is 2.53. The molecule has 0 aromatic heterocycles. The molecule has 2 N–H and O–H groups in total. The lowest BCUT2D eigenvalue weighted by Gasteiger charge is -2.16. The Labute approximate surface area is 119 Å². The highest BCUT2D eigenvalue weighted by Crippen LogP contribution is 2.29. The summed E-state index contributed by atoms with van der Waals surface area (Å²) in [5, 5.41) is 0. The Kier molecular flexibility index (Phi) is 5.16. The molecule has 1 aromatic carbocycles. The van der Waals surface area contributed by atoms with Crippen molar-refractivity contribution < 1.29 is 26.7 Å². The number of hydrogen-bond donors (Lipinski definition) is 1. The summed E-state index contributed by atoms with van der Waals surface area (Å²) in [5.41, 5.74) is 4.65. The normalized spacial score (nSPS) is 20.0. The third-order valence-corrected chi connectivity index (χ3v) is 3.68. The first-order valence-corrected chi connectivity index (χ1v) is 6.82. The fourth-order valence-electron chi connectivity index (χ4n) is 2.53. The van der Waals surface area contributed by atoms with Crippen molar-refractivity contribution in [1.82, 2.24) is 0 Å². The molecule has 7 heteroatoms. The predicted molar refractivity (Wildman–Crippen MR) is 66.0 cm³/mol. The molecule has 1 fully saturated rings. The van der Waals surface area contributed by atoms with Crippen LogP contribution in [-0.2, 0) is 4.74 Å². The van der Waals surface area contributed by atoms with Crippen LogP contribution in [0.15, 0.2) is 0 Å². The summed E-state index contributed by atoms with van der Waals surface area (Å²) in [6.45, 7) is 0.689. The van der Waals surface area contributed by atoms with Gasteiger partial charge in [-0.15, -0.1) is 0 Å². The first kappa shape index (κ1) is 16.2. The highest BCUT2D eigenvalue weighted by Gasteiger charge is 2.28. The molecule has 2 rings (SSSR count). The quantitative estimate of drug-likeness (QED) is 0.511. The van der Waals surface area contributed by atoms with Gasteiger partial charge in [-0.25, -0.2) is 22.0 Å². The highest BCUT2D eigenvalue weighted by atomic mass is 19.2. The first-order chi connectivity index (χ1) is 9.93. The summed E-state index contributed by atoms with van der Waals surface area (Å²) in [6, 6.07) is -1.24. The molecule has 2 nitrogen and oxygen atoms in total.